The van der Waals surface area contributed by atoms with Gasteiger partial charge in [0.25, 0.3) is 0 Å². The Bertz CT molecular complexity index is 519. The van der Waals surface area contributed by atoms with Crippen molar-refractivity contribution in [3.05, 3.63) is 6.33 Å². The fourth-order valence-electron chi connectivity index (χ4n) is 2.01. The van der Waals surface area contributed by atoms with Crippen LogP contribution in [0.2, 0.25) is 0 Å². The van der Waals surface area contributed by atoms with E-state index in [1.54, 1.807) is 6.33 Å². The quantitative estimate of drug-likeness (QED) is 0.721. The van der Waals surface area contributed by atoms with E-state index in [4.69, 9.17) is 9.84 Å². The van der Waals surface area contributed by atoms with Crippen LogP contribution < -0.4 is 5.32 Å². The third-order valence-electron chi connectivity index (χ3n) is 3.17. The van der Waals surface area contributed by atoms with E-state index in [0.29, 0.717) is 5.16 Å². The lowest BCUT2D eigenvalue weighted by Gasteiger charge is -2.15. The Balaban J connectivity index is 1.85. The zero-order valence-corrected chi connectivity index (χ0v) is 12.7. The van der Waals surface area contributed by atoms with Gasteiger partial charge in [-0.15, -0.1) is 10.2 Å². The molecule has 0 saturated carbocycles. The van der Waals surface area contributed by atoms with Crippen molar-refractivity contribution in [2.75, 3.05) is 19.0 Å². The number of carbonyl (C=O) groups excluding carboxylic acids is 1. The van der Waals surface area contributed by atoms with Gasteiger partial charge in [-0.2, -0.15) is 0 Å². The van der Waals surface area contributed by atoms with E-state index in [9.17, 15) is 9.59 Å². The molecule has 2 rings (SSSR count). The van der Waals surface area contributed by atoms with Crippen LogP contribution in [0.4, 0.5) is 0 Å². The summed E-state index contributed by atoms with van der Waals surface area (Å²) in [7, 11) is 0. The second-order valence-corrected chi connectivity index (χ2v) is 6.00. The molecule has 0 radical (unpaired) electrons. The molecule has 9 heteroatoms. The normalized spacial score (nSPS) is 21.7. The molecular weight excluding hydrogens is 296 g/mol. The van der Waals surface area contributed by atoms with Crippen LogP contribution in [0.5, 0.6) is 0 Å². The lowest BCUT2D eigenvalue weighted by molar-refractivity contribution is -0.142. The Morgan fingerprint density at radius 2 is 2.33 bits per heavy atom. The van der Waals surface area contributed by atoms with Crippen LogP contribution in [0.15, 0.2) is 11.5 Å². The summed E-state index contributed by atoms with van der Waals surface area (Å²) >= 11 is 1.27. The maximum Gasteiger partial charge on any atom is 0.311 e. The average Bonchev–Trinajstić information content (AvgIpc) is 3.04. The molecule has 1 aromatic heterocycles. The first-order valence-corrected chi connectivity index (χ1v) is 7.59. The number of rotatable bonds is 6. The molecule has 2 atom stereocenters. The van der Waals surface area contributed by atoms with Gasteiger partial charge in [-0.05, 0) is 13.8 Å². The van der Waals surface area contributed by atoms with Crippen molar-refractivity contribution < 1.29 is 19.4 Å². The Morgan fingerprint density at radius 1 is 1.57 bits per heavy atom. The van der Waals surface area contributed by atoms with Crippen LogP contribution in [-0.4, -0.2) is 56.8 Å². The minimum atomic E-state index is -0.954. The first-order chi connectivity index (χ1) is 9.99. The summed E-state index contributed by atoms with van der Waals surface area (Å²) in [5.74, 6) is -1.71. The minimum Gasteiger partial charge on any atom is -0.481 e. The predicted octanol–water partition coefficient (Wildman–Crippen LogP) is 0.167. The topological polar surface area (TPSA) is 106 Å². The Morgan fingerprint density at radius 3 is 3.00 bits per heavy atom. The molecule has 1 saturated heterocycles. The van der Waals surface area contributed by atoms with Crippen molar-refractivity contribution in [2.24, 2.45) is 5.92 Å². The minimum absolute atomic E-state index is 0.134. The first kappa shape index (κ1) is 15.8. The first-order valence-electron chi connectivity index (χ1n) is 6.61. The molecule has 0 aromatic carbocycles. The molecule has 8 nitrogen and oxygen atoms in total. The van der Waals surface area contributed by atoms with Crippen LogP contribution in [-0.2, 0) is 14.3 Å². The monoisotopic (exact) mass is 314 g/mol. The van der Waals surface area contributed by atoms with Crippen molar-refractivity contribution >= 4 is 23.6 Å². The largest absolute Gasteiger partial charge is 0.481 e. The summed E-state index contributed by atoms with van der Waals surface area (Å²) < 4.78 is 6.98. The van der Waals surface area contributed by atoms with Gasteiger partial charge in [0.1, 0.15) is 12.2 Å². The highest BCUT2D eigenvalue weighted by Gasteiger charge is 2.34. The average molecular weight is 314 g/mol. The number of carbonyl (C=O) groups is 2. The van der Waals surface area contributed by atoms with E-state index in [1.165, 1.54) is 11.8 Å². The number of hydrogen-bond donors (Lipinski definition) is 2. The molecule has 2 N–H and O–H groups in total. The molecule has 0 bridgehead atoms. The number of amides is 1. The van der Waals surface area contributed by atoms with Crippen molar-refractivity contribution in [2.45, 2.75) is 31.1 Å². The number of hydrogen-bond acceptors (Lipinski definition) is 6. The third-order valence-corrected chi connectivity index (χ3v) is 4.13. The number of aromatic nitrogens is 3. The standard InChI is InChI=1S/C12H18N4O4S/c1-7(2)16-6-13-15-12(16)21-5-10(17)14-9-4-20-3-8(9)11(18)19/h6-9H,3-5H2,1-2H3,(H,14,17)(H,18,19). The maximum atomic E-state index is 11.9. The molecule has 116 valence electrons. The Hall–Kier alpha value is -1.61. The number of nitrogens with zero attached hydrogens (tertiary/aromatic N) is 3. The van der Waals surface area contributed by atoms with Crippen LogP contribution in [0.25, 0.3) is 0 Å². The van der Waals surface area contributed by atoms with Gasteiger partial charge in [0, 0.05) is 6.04 Å². The van der Waals surface area contributed by atoms with E-state index in [-0.39, 0.29) is 30.9 Å². The van der Waals surface area contributed by atoms with E-state index >= 15 is 0 Å². The SMILES string of the molecule is CC(C)n1cnnc1SCC(=O)NC1COCC1C(=O)O. The molecule has 2 heterocycles. The summed E-state index contributed by atoms with van der Waals surface area (Å²) in [5.41, 5.74) is 0. The number of aliphatic carboxylic acids is 1. The van der Waals surface area contributed by atoms with Crippen molar-refractivity contribution in [1.82, 2.24) is 20.1 Å². The van der Waals surface area contributed by atoms with Crippen molar-refractivity contribution in [3.8, 4) is 0 Å². The number of carboxylic acid groups (broad SMARTS) is 1. The molecule has 21 heavy (non-hydrogen) atoms. The second kappa shape index (κ2) is 6.90. The predicted molar refractivity (Wildman–Crippen MR) is 75.0 cm³/mol. The van der Waals surface area contributed by atoms with E-state index in [1.807, 2.05) is 18.4 Å². The maximum absolute atomic E-state index is 11.9. The van der Waals surface area contributed by atoms with Crippen LogP contribution in [0.3, 0.4) is 0 Å². The van der Waals surface area contributed by atoms with Crippen LogP contribution in [0, 0.1) is 5.92 Å². The third kappa shape index (κ3) is 3.94. The highest BCUT2D eigenvalue weighted by molar-refractivity contribution is 7.99. The lowest BCUT2D eigenvalue weighted by Crippen LogP contribution is -2.43. The zero-order valence-electron chi connectivity index (χ0n) is 11.9. The van der Waals surface area contributed by atoms with Gasteiger partial charge < -0.3 is 19.7 Å². The smallest absolute Gasteiger partial charge is 0.311 e. The highest BCUT2D eigenvalue weighted by atomic mass is 32.2. The molecule has 1 fully saturated rings. The van der Waals surface area contributed by atoms with Crippen molar-refractivity contribution in [3.63, 3.8) is 0 Å². The fourth-order valence-corrected chi connectivity index (χ4v) is 2.86. The molecular formula is C12H18N4O4S. The van der Waals surface area contributed by atoms with Gasteiger partial charge in [0.05, 0.1) is 25.0 Å². The van der Waals surface area contributed by atoms with E-state index < -0.39 is 17.9 Å². The molecule has 1 aromatic rings. The molecule has 0 aliphatic carbocycles. The summed E-state index contributed by atoms with van der Waals surface area (Å²) in [6, 6.07) is -0.260. The second-order valence-electron chi connectivity index (χ2n) is 5.06. The van der Waals surface area contributed by atoms with Gasteiger partial charge in [-0.1, -0.05) is 11.8 Å². The summed E-state index contributed by atoms with van der Waals surface area (Å²) in [6.07, 6.45) is 1.62. The molecule has 1 aliphatic heterocycles. The van der Waals surface area contributed by atoms with E-state index in [0.717, 1.165) is 0 Å². The zero-order chi connectivity index (χ0) is 15.4. The van der Waals surface area contributed by atoms with Crippen molar-refractivity contribution in [1.29, 1.82) is 0 Å². The summed E-state index contributed by atoms with van der Waals surface area (Å²) in [6.45, 7) is 4.37. The fraction of sp³-hybridized carbons (Fsp3) is 0.667. The number of ether oxygens (including phenoxy) is 1. The Labute approximate surface area is 126 Å². The van der Waals surface area contributed by atoms with Gasteiger partial charge in [0.2, 0.25) is 5.91 Å². The molecule has 2 unspecified atom stereocenters. The van der Waals surface area contributed by atoms with E-state index in [2.05, 4.69) is 15.5 Å². The summed E-state index contributed by atoms with van der Waals surface area (Å²) in [4.78, 5) is 22.9. The molecule has 1 aliphatic rings. The number of nitrogens with one attached hydrogen (secondary N) is 1. The van der Waals surface area contributed by atoms with Crippen LogP contribution in [0.1, 0.15) is 19.9 Å². The highest BCUT2D eigenvalue weighted by Crippen LogP contribution is 2.19. The number of carboxylic acids is 1. The van der Waals surface area contributed by atoms with Gasteiger partial charge in [-0.3, -0.25) is 9.59 Å². The van der Waals surface area contributed by atoms with Gasteiger partial charge >= 0.3 is 5.97 Å². The Kier molecular flexibility index (Phi) is 5.18. The number of thioether (sulfide) groups is 1. The van der Waals surface area contributed by atoms with Gasteiger partial charge in [0.15, 0.2) is 5.16 Å². The molecule has 0 spiro atoms. The molecule has 1 amide bonds. The summed E-state index contributed by atoms with van der Waals surface area (Å²) in [5, 5.41) is 20.2. The van der Waals surface area contributed by atoms with Crippen LogP contribution >= 0.6 is 11.8 Å². The van der Waals surface area contributed by atoms with Gasteiger partial charge in [-0.25, -0.2) is 0 Å². The lowest BCUT2D eigenvalue weighted by atomic mass is 10.0.